The lowest BCUT2D eigenvalue weighted by Crippen LogP contribution is -2.32. The molecule has 0 amide bonds. The highest BCUT2D eigenvalue weighted by atomic mass is 15.3. The predicted octanol–water partition coefficient (Wildman–Crippen LogP) is 13.5. The summed E-state index contributed by atoms with van der Waals surface area (Å²) in [5.74, 6) is 2.53. The zero-order valence-corrected chi connectivity index (χ0v) is 35.0. The number of nitrogens with zero attached hydrogens (tertiary/aromatic N) is 6. The van der Waals surface area contributed by atoms with Crippen LogP contribution in [0.2, 0.25) is 0 Å². The van der Waals surface area contributed by atoms with Crippen LogP contribution in [0.15, 0.2) is 224 Å². The second-order valence-corrected chi connectivity index (χ2v) is 16.4. The zero-order valence-electron chi connectivity index (χ0n) is 35.0. The summed E-state index contributed by atoms with van der Waals surface area (Å²) in [7, 11) is 0. The minimum Gasteiger partial charge on any atom is -0.278 e. The first-order valence-corrected chi connectivity index (χ1v) is 21.9. The molecule has 0 aliphatic heterocycles. The van der Waals surface area contributed by atoms with Crippen molar-refractivity contribution in [2.75, 3.05) is 0 Å². The van der Waals surface area contributed by atoms with Crippen LogP contribution in [0.1, 0.15) is 0 Å². The predicted molar refractivity (Wildman–Crippen MR) is 264 cm³/mol. The third-order valence-electron chi connectivity index (χ3n) is 12.6. The van der Waals surface area contributed by atoms with Crippen molar-refractivity contribution in [3.05, 3.63) is 224 Å². The molecule has 0 spiro atoms. The first-order valence-electron chi connectivity index (χ1n) is 21.9. The van der Waals surface area contributed by atoms with E-state index in [9.17, 15) is 0 Å². The van der Waals surface area contributed by atoms with Crippen LogP contribution in [0.4, 0.5) is 0 Å². The number of aromatic amines is 1. The van der Waals surface area contributed by atoms with E-state index in [1.165, 1.54) is 11.1 Å². The number of fused-ring (bicyclic) bond motifs is 7. The van der Waals surface area contributed by atoms with Crippen LogP contribution in [-0.2, 0) is 0 Å². The number of aromatic nitrogens is 7. The van der Waals surface area contributed by atoms with Gasteiger partial charge in [0, 0.05) is 27.1 Å². The van der Waals surface area contributed by atoms with E-state index in [0.29, 0.717) is 17.7 Å². The highest BCUT2D eigenvalue weighted by molar-refractivity contribution is 6.11. The minimum absolute atomic E-state index is 0.526. The number of hydrogen-bond acceptors (Lipinski definition) is 3. The van der Waals surface area contributed by atoms with Crippen molar-refractivity contribution in [2.45, 2.75) is 0 Å². The number of imidazole rings is 1. The Labute approximate surface area is 373 Å². The van der Waals surface area contributed by atoms with Gasteiger partial charge in [-0.3, -0.25) is 9.13 Å². The van der Waals surface area contributed by atoms with Gasteiger partial charge >= 0.3 is 0 Å². The van der Waals surface area contributed by atoms with Gasteiger partial charge in [0.15, 0.2) is 16.9 Å². The summed E-state index contributed by atoms with van der Waals surface area (Å²) in [6, 6.07) is 78.9. The van der Waals surface area contributed by atoms with Crippen LogP contribution in [0.3, 0.4) is 0 Å². The quantitative estimate of drug-likeness (QED) is 0.163. The molecular formula is C58H38N7+. The summed E-state index contributed by atoms with van der Waals surface area (Å²) in [5, 5.41) is 4.49. The highest BCUT2D eigenvalue weighted by Gasteiger charge is 2.27. The number of para-hydroxylation sites is 5. The van der Waals surface area contributed by atoms with Gasteiger partial charge in [-0.1, -0.05) is 158 Å². The molecule has 13 aromatic rings. The number of benzene rings is 9. The first kappa shape index (κ1) is 36.7. The molecule has 4 aromatic heterocycles. The Bertz CT molecular complexity index is 3760. The molecule has 0 aliphatic carbocycles. The van der Waals surface area contributed by atoms with Crippen molar-refractivity contribution in [3.8, 4) is 62.6 Å². The van der Waals surface area contributed by atoms with Crippen LogP contribution in [-0.4, -0.2) is 29.1 Å². The van der Waals surface area contributed by atoms with Gasteiger partial charge in [-0.15, -0.1) is 0 Å². The third-order valence-corrected chi connectivity index (χ3v) is 12.6. The minimum atomic E-state index is 0.526. The Balaban J connectivity index is 1.11. The lowest BCUT2D eigenvalue weighted by Gasteiger charge is -2.14. The first-order chi connectivity index (χ1) is 32.2. The smallest absolute Gasteiger partial charge is 0.278 e. The van der Waals surface area contributed by atoms with Gasteiger partial charge in [0.25, 0.3) is 5.82 Å². The van der Waals surface area contributed by atoms with E-state index in [1.807, 2.05) is 0 Å². The number of H-pyrrole nitrogens is 1. The van der Waals surface area contributed by atoms with Crippen molar-refractivity contribution >= 4 is 54.6 Å². The van der Waals surface area contributed by atoms with E-state index in [4.69, 9.17) is 15.0 Å². The van der Waals surface area contributed by atoms with Crippen LogP contribution in [0.25, 0.3) is 117 Å². The molecule has 0 saturated carbocycles. The van der Waals surface area contributed by atoms with Crippen molar-refractivity contribution < 1.29 is 4.57 Å². The van der Waals surface area contributed by atoms with E-state index in [2.05, 4.69) is 243 Å². The third kappa shape index (κ3) is 5.98. The highest BCUT2D eigenvalue weighted by Crippen LogP contribution is 2.38. The molecule has 7 heteroatoms. The maximum Gasteiger partial charge on any atom is 0.293 e. The Morgan fingerprint density at radius 1 is 0.354 bits per heavy atom. The van der Waals surface area contributed by atoms with Crippen LogP contribution >= 0.6 is 0 Å². The van der Waals surface area contributed by atoms with Crippen LogP contribution < -0.4 is 4.57 Å². The lowest BCUT2D eigenvalue weighted by molar-refractivity contribution is -0.554. The molecule has 13 rings (SSSR count). The van der Waals surface area contributed by atoms with E-state index in [-0.39, 0.29) is 0 Å². The number of hydrogen-bond donors (Lipinski definition) is 1. The Hall–Kier alpha value is -8.94. The molecule has 1 N–H and O–H groups in total. The summed E-state index contributed by atoms with van der Waals surface area (Å²) in [6.45, 7) is 0. The van der Waals surface area contributed by atoms with Gasteiger partial charge in [0.2, 0.25) is 11.9 Å². The zero-order chi connectivity index (χ0) is 42.8. The fourth-order valence-electron chi connectivity index (χ4n) is 9.67. The van der Waals surface area contributed by atoms with E-state index < -0.39 is 0 Å². The van der Waals surface area contributed by atoms with Gasteiger partial charge in [-0.25, -0.2) is 4.98 Å². The second-order valence-electron chi connectivity index (χ2n) is 16.4. The molecular weight excluding hydrogens is 795 g/mol. The van der Waals surface area contributed by atoms with Crippen molar-refractivity contribution in [3.63, 3.8) is 0 Å². The summed E-state index contributed by atoms with van der Waals surface area (Å²) >= 11 is 0. The largest absolute Gasteiger partial charge is 0.293 e. The van der Waals surface area contributed by atoms with Crippen molar-refractivity contribution in [2.24, 2.45) is 0 Å². The molecule has 304 valence electrons. The summed E-state index contributed by atoms with van der Waals surface area (Å²) in [5.41, 5.74) is 13.6. The van der Waals surface area contributed by atoms with Crippen molar-refractivity contribution in [1.29, 1.82) is 0 Å². The SMILES string of the molecule is c1ccc(-c2ccc3c(c2)c2ccccc2n3-c2nc(-c3ccccc3-c3[nH]c4ccccc4[n+]3-c3ccccc3)nc(-n3c4ccccc4c4cc(-c5ccccc5)ccc43)n2)cc1. The summed E-state index contributed by atoms with van der Waals surface area (Å²) in [6.07, 6.45) is 0. The molecule has 4 heterocycles. The fourth-order valence-corrected chi connectivity index (χ4v) is 9.67. The van der Waals surface area contributed by atoms with Gasteiger partial charge in [0.05, 0.1) is 27.6 Å². The molecule has 0 bridgehead atoms. The van der Waals surface area contributed by atoms with E-state index >= 15 is 0 Å². The Kier molecular flexibility index (Phi) is 8.39. The fraction of sp³-hybridized carbons (Fsp3) is 0. The van der Waals surface area contributed by atoms with Gasteiger partial charge in [-0.05, 0) is 89.0 Å². The Morgan fingerprint density at radius 2 is 0.815 bits per heavy atom. The summed E-state index contributed by atoms with van der Waals surface area (Å²) < 4.78 is 6.68. The van der Waals surface area contributed by atoms with Gasteiger partial charge < -0.3 is 0 Å². The van der Waals surface area contributed by atoms with Crippen LogP contribution in [0.5, 0.6) is 0 Å². The molecule has 7 nitrogen and oxygen atoms in total. The number of nitrogens with one attached hydrogen (secondary N) is 1. The average molecular weight is 833 g/mol. The average Bonchev–Trinajstić information content (AvgIpc) is 4.05. The van der Waals surface area contributed by atoms with E-state index in [1.54, 1.807) is 0 Å². The van der Waals surface area contributed by atoms with Crippen LogP contribution in [0, 0.1) is 0 Å². The lowest BCUT2D eigenvalue weighted by atomic mass is 10.0. The second kappa shape index (κ2) is 14.9. The molecule has 0 radical (unpaired) electrons. The maximum atomic E-state index is 5.50. The molecule has 0 fully saturated rings. The molecule has 9 aromatic carbocycles. The number of rotatable bonds is 7. The van der Waals surface area contributed by atoms with E-state index in [0.717, 1.165) is 88.4 Å². The Morgan fingerprint density at radius 3 is 1.40 bits per heavy atom. The molecule has 0 saturated heterocycles. The van der Waals surface area contributed by atoms with Gasteiger partial charge in [0.1, 0.15) is 5.69 Å². The normalized spacial score (nSPS) is 11.7. The van der Waals surface area contributed by atoms with Crippen molar-refractivity contribution in [1.82, 2.24) is 29.1 Å². The molecule has 0 unspecified atom stereocenters. The monoisotopic (exact) mass is 832 g/mol. The topological polar surface area (TPSA) is 68.2 Å². The molecule has 65 heavy (non-hydrogen) atoms. The molecule has 0 aliphatic rings. The summed E-state index contributed by atoms with van der Waals surface area (Å²) in [4.78, 5) is 20.3. The standard InChI is InChI=1S/C58H37N7/c1-4-18-38(19-5-1)40-32-34-52-47(36-40)43-24-12-15-29-50(43)64(52)57-60-55(45-26-10-11-27-46(45)56-59-49-28-14-17-31-54(49)63(56)42-22-8-3-9-23-42)61-58(62-57)65-51-30-16-13-25-44(51)48-37-41(33-35-53(48)65)39-20-6-2-7-21-39/h1-37H/p+1. The molecule has 0 atom stereocenters. The maximum absolute atomic E-state index is 5.50. The van der Waals surface area contributed by atoms with Gasteiger partial charge in [-0.2, -0.15) is 19.5 Å².